The number of nitrogens with one attached hydrogen (secondary N) is 1. The van der Waals surface area contributed by atoms with Crippen LogP contribution in [-0.2, 0) is 14.9 Å². The summed E-state index contributed by atoms with van der Waals surface area (Å²) < 4.78 is 61.0. The van der Waals surface area contributed by atoms with Gasteiger partial charge in [0.15, 0.2) is 0 Å². The van der Waals surface area contributed by atoms with Gasteiger partial charge in [-0.05, 0) is 74.9 Å². The summed E-state index contributed by atoms with van der Waals surface area (Å²) >= 11 is 0. The van der Waals surface area contributed by atoms with E-state index >= 15 is 0 Å². The number of halogens is 2. The van der Waals surface area contributed by atoms with Crippen molar-refractivity contribution in [3.63, 3.8) is 0 Å². The van der Waals surface area contributed by atoms with Gasteiger partial charge in [-0.15, -0.1) is 0 Å². The Labute approximate surface area is 187 Å². The summed E-state index contributed by atoms with van der Waals surface area (Å²) in [6.45, 7) is 5.34. The first-order valence-corrected chi connectivity index (χ1v) is 11.9. The van der Waals surface area contributed by atoms with Crippen LogP contribution < -0.4 is 4.72 Å². The van der Waals surface area contributed by atoms with Crippen molar-refractivity contribution >= 4 is 16.3 Å². The Hall–Kier alpha value is -2.52. The van der Waals surface area contributed by atoms with Crippen molar-refractivity contribution < 1.29 is 26.7 Å². The Bertz CT molecular complexity index is 990. The Morgan fingerprint density at radius 2 is 1.53 bits per heavy atom. The lowest BCUT2D eigenvalue weighted by Crippen LogP contribution is -2.49. The molecule has 1 saturated heterocycles. The van der Waals surface area contributed by atoms with Gasteiger partial charge in [0.1, 0.15) is 17.2 Å². The Morgan fingerprint density at radius 3 is 2.00 bits per heavy atom. The number of rotatable bonds is 5. The van der Waals surface area contributed by atoms with Gasteiger partial charge in [-0.1, -0.05) is 24.3 Å². The molecule has 2 aromatic rings. The molecule has 0 bridgehead atoms. The summed E-state index contributed by atoms with van der Waals surface area (Å²) in [5, 5.41) is 0. The monoisotopic (exact) mass is 466 g/mol. The van der Waals surface area contributed by atoms with Crippen LogP contribution in [-0.4, -0.2) is 37.5 Å². The second kappa shape index (κ2) is 9.54. The summed E-state index contributed by atoms with van der Waals surface area (Å²) in [6.07, 6.45) is 0.268. The van der Waals surface area contributed by atoms with Crippen molar-refractivity contribution in [2.24, 2.45) is 5.92 Å². The van der Waals surface area contributed by atoms with Gasteiger partial charge in [-0.2, -0.15) is 12.7 Å². The highest BCUT2D eigenvalue weighted by Crippen LogP contribution is 2.37. The number of hydrogen-bond acceptors (Lipinski definition) is 4. The molecule has 0 saturated carbocycles. The minimum Gasteiger partial charge on any atom is -0.443 e. The van der Waals surface area contributed by atoms with Crippen LogP contribution in [0.15, 0.2) is 48.5 Å². The number of nitrogens with zero attached hydrogens (tertiary/aromatic N) is 1. The fourth-order valence-corrected chi connectivity index (χ4v) is 5.15. The molecule has 1 atom stereocenters. The summed E-state index contributed by atoms with van der Waals surface area (Å²) in [4.78, 5) is 12.0. The molecule has 9 heteroatoms. The number of piperidine rings is 1. The first-order valence-electron chi connectivity index (χ1n) is 10.5. The molecule has 1 aliphatic rings. The molecule has 2 aromatic carbocycles. The Balaban J connectivity index is 1.85. The van der Waals surface area contributed by atoms with E-state index in [1.54, 1.807) is 45.0 Å². The van der Waals surface area contributed by atoms with E-state index < -0.39 is 21.9 Å². The molecule has 0 aromatic heterocycles. The first kappa shape index (κ1) is 24.1. The minimum atomic E-state index is -4.11. The molecule has 0 spiro atoms. The van der Waals surface area contributed by atoms with Crippen molar-refractivity contribution in [2.45, 2.75) is 45.1 Å². The molecule has 174 valence electrons. The molecule has 1 amide bonds. The standard InChI is InChI=1S/C23H28F2N2O4S/c1-23(2,3)31-22(28)26-32(29,30)27-14-4-5-18(15-27)21(16-6-10-19(24)11-7-16)17-8-12-20(25)13-9-17/h6-13,18,21H,4-5,14-15H2,1-3H3,(H,26,28). The third-order valence-electron chi connectivity index (χ3n) is 5.30. The minimum absolute atomic E-state index is 0.150. The number of amides is 1. The summed E-state index contributed by atoms with van der Waals surface area (Å²) in [7, 11) is -4.11. The molecule has 1 unspecified atom stereocenters. The van der Waals surface area contributed by atoms with E-state index in [1.807, 2.05) is 4.72 Å². The average Bonchev–Trinajstić information content (AvgIpc) is 2.69. The number of carbonyl (C=O) groups excluding carboxylic acids is 1. The van der Waals surface area contributed by atoms with Crippen LogP contribution in [0.5, 0.6) is 0 Å². The second-order valence-corrected chi connectivity index (χ2v) is 10.6. The van der Waals surface area contributed by atoms with Crippen LogP contribution in [0.1, 0.15) is 50.7 Å². The molecule has 0 radical (unpaired) electrons. The lowest BCUT2D eigenvalue weighted by atomic mass is 9.77. The zero-order valence-electron chi connectivity index (χ0n) is 18.3. The van der Waals surface area contributed by atoms with Crippen molar-refractivity contribution in [3.05, 3.63) is 71.3 Å². The van der Waals surface area contributed by atoms with E-state index in [0.29, 0.717) is 6.42 Å². The van der Waals surface area contributed by atoms with Gasteiger partial charge in [0, 0.05) is 19.0 Å². The molecule has 1 fully saturated rings. The number of ether oxygens (including phenoxy) is 1. The van der Waals surface area contributed by atoms with Gasteiger partial charge in [0.2, 0.25) is 0 Å². The summed E-state index contributed by atoms with van der Waals surface area (Å²) in [6, 6.07) is 12.1. The molecular weight excluding hydrogens is 438 g/mol. The zero-order chi connectivity index (χ0) is 23.5. The van der Waals surface area contributed by atoms with Gasteiger partial charge in [0.05, 0.1) is 0 Å². The van der Waals surface area contributed by atoms with Gasteiger partial charge in [-0.25, -0.2) is 18.3 Å². The van der Waals surface area contributed by atoms with E-state index in [1.165, 1.54) is 28.6 Å². The van der Waals surface area contributed by atoms with Gasteiger partial charge >= 0.3 is 16.3 Å². The van der Waals surface area contributed by atoms with Crippen LogP contribution in [0.4, 0.5) is 13.6 Å². The number of benzene rings is 2. The van der Waals surface area contributed by atoms with Crippen LogP contribution in [0.2, 0.25) is 0 Å². The highest BCUT2D eigenvalue weighted by Gasteiger charge is 2.35. The SMILES string of the molecule is CC(C)(C)OC(=O)NS(=O)(=O)N1CCCC(C(c2ccc(F)cc2)c2ccc(F)cc2)C1. The predicted molar refractivity (Wildman–Crippen MR) is 117 cm³/mol. The quantitative estimate of drug-likeness (QED) is 0.700. The van der Waals surface area contributed by atoms with Crippen LogP contribution >= 0.6 is 0 Å². The molecule has 1 N–H and O–H groups in total. The number of carbonyl (C=O) groups is 1. The van der Waals surface area contributed by atoms with Crippen LogP contribution in [0, 0.1) is 17.6 Å². The average molecular weight is 467 g/mol. The highest BCUT2D eigenvalue weighted by molar-refractivity contribution is 7.87. The maximum absolute atomic E-state index is 13.5. The van der Waals surface area contributed by atoms with E-state index in [9.17, 15) is 22.0 Å². The lowest BCUT2D eigenvalue weighted by molar-refractivity contribution is 0.0565. The maximum atomic E-state index is 13.5. The third-order valence-corrected chi connectivity index (χ3v) is 6.74. The van der Waals surface area contributed by atoms with Crippen LogP contribution in [0.3, 0.4) is 0 Å². The molecule has 1 heterocycles. The number of hydrogen-bond donors (Lipinski definition) is 1. The molecule has 0 aliphatic carbocycles. The van der Waals surface area contributed by atoms with Crippen LogP contribution in [0.25, 0.3) is 0 Å². The molecular formula is C23H28F2N2O4S. The predicted octanol–water partition coefficient (Wildman–Crippen LogP) is 4.58. The molecule has 32 heavy (non-hydrogen) atoms. The van der Waals surface area contributed by atoms with Crippen molar-refractivity contribution in [3.8, 4) is 0 Å². The van der Waals surface area contributed by atoms with Gasteiger partial charge < -0.3 is 4.74 Å². The van der Waals surface area contributed by atoms with E-state index in [2.05, 4.69) is 0 Å². The lowest BCUT2D eigenvalue weighted by Gasteiger charge is -2.36. The second-order valence-electron chi connectivity index (χ2n) is 8.95. The van der Waals surface area contributed by atoms with Gasteiger partial charge in [0.25, 0.3) is 0 Å². The maximum Gasteiger partial charge on any atom is 0.422 e. The highest BCUT2D eigenvalue weighted by atomic mass is 32.2. The molecule has 3 rings (SSSR count). The summed E-state index contributed by atoms with van der Waals surface area (Å²) in [5.74, 6) is -1.17. The largest absolute Gasteiger partial charge is 0.443 e. The molecule has 6 nitrogen and oxygen atoms in total. The summed E-state index contributed by atoms with van der Waals surface area (Å²) in [5.41, 5.74) is 0.782. The molecule has 1 aliphatic heterocycles. The topological polar surface area (TPSA) is 75.7 Å². The Kier molecular flexibility index (Phi) is 7.19. The van der Waals surface area contributed by atoms with Crippen molar-refractivity contribution in [1.29, 1.82) is 0 Å². The van der Waals surface area contributed by atoms with Crippen molar-refractivity contribution in [1.82, 2.24) is 9.03 Å². The van der Waals surface area contributed by atoms with E-state index in [0.717, 1.165) is 17.5 Å². The fraction of sp³-hybridized carbons (Fsp3) is 0.435. The van der Waals surface area contributed by atoms with E-state index in [4.69, 9.17) is 4.74 Å². The van der Waals surface area contributed by atoms with E-state index in [-0.39, 0.29) is 36.6 Å². The van der Waals surface area contributed by atoms with Gasteiger partial charge in [-0.3, -0.25) is 0 Å². The van der Waals surface area contributed by atoms with Crippen molar-refractivity contribution in [2.75, 3.05) is 13.1 Å². The smallest absolute Gasteiger partial charge is 0.422 e. The fourth-order valence-electron chi connectivity index (χ4n) is 4.01. The third kappa shape index (κ3) is 6.26. The normalized spacial score (nSPS) is 17.9. The first-order chi connectivity index (χ1) is 14.9. The zero-order valence-corrected chi connectivity index (χ0v) is 19.2. The Morgan fingerprint density at radius 1 is 1.03 bits per heavy atom.